The summed E-state index contributed by atoms with van der Waals surface area (Å²) < 4.78 is 0. The third-order valence-electron chi connectivity index (χ3n) is 2.65. The van der Waals surface area contributed by atoms with Crippen LogP contribution in [0.15, 0.2) is 30.5 Å². The summed E-state index contributed by atoms with van der Waals surface area (Å²) in [7, 11) is 0. The number of anilines is 1. The van der Waals surface area contributed by atoms with Crippen LogP contribution in [0.25, 0.3) is 11.3 Å². The van der Waals surface area contributed by atoms with Gasteiger partial charge in [0.25, 0.3) is 0 Å². The topological polar surface area (TPSA) is 54.9 Å². The summed E-state index contributed by atoms with van der Waals surface area (Å²) in [5.74, 6) is 0.0258. The Kier molecular flexibility index (Phi) is 2.30. The summed E-state index contributed by atoms with van der Waals surface area (Å²) in [5.41, 5.74) is 3.55. The minimum absolute atomic E-state index is 0.0258. The molecular formula is C12H8ClN3O. The molecule has 3 rings (SSSR count). The van der Waals surface area contributed by atoms with Crippen LogP contribution >= 0.6 is 11.6 Å². The molecule has 84 valence electrons. The molecule has 0 radical (unpaired) electrons. The Bertz CT molecular complexity index is 612. The van der Waals surface area contributed by atoms with E-state index in [9.17, 15) is 4.79 Å². The van der Waals surface area contributed by atoms with Crippen LogP contribution in [0.4, 0.5) is 5.69 Å². The number of hydrogen-bond acceptors (Lipinski definition) is 3. The Balaban J connectivity index is 2.06. The van der Waals surface area contributed by atoms with Gasteiger partial charge in [-0.3, -0.25) is 4.79 Å². The number of carbonyl (C=O) groups excluding carboxylic acids is 1. The molecule has 0 spiro atoms. The van der Waals surface area contributed by atoms with Crippen LogP contribution in [0, 0.1) is 0 Å². The van der Waals surface area contributed by atoms with Gasteiger partial charge in [0.15, 0.2) is 0 Å². The van der Waals surface area contributed by atoms with Crippen molar-refractivity contribution in [1.29, 1.82) is 0 Å². The summed E-state index contributed by atoms with van der Waals surface area (Å²) in [5, 5.41) is 3.01. The Morgan fingerprint density at radius 3 is 3.00 bits per heavy atom. The second kappa shape index (κ2) is 3.82. The van der Waals surface area contributed by atoms with Crippen molar-refractivity contribution in [2.75, 3.05) is 5.32 Å². The molecule has 1 aromatic carbocycles. The smallest absolute Gasteiger partial charge is 0.228 e. The highest BCUT2D eigenvalue weighted by molar-refractivity contribution is 6.28. The number of hydrogen-bond donors (Lipinski definition) is 1. The summed E-state index contributed by atoms with van der Waals surface area (Å²) in [6.45, 7) is 0. The molecule has 1 aromatic heterocycles. The fourth-order valence-electron chi connectivity index (χ4n) is 1.88. The van der Waals surface area contributed by atoms with Gasteiger partial charge in [-0.25, -0.2) is 9.97 Å². The number of rotatable bonds is 1. The zero-order valence-electron chi connectivity index (χ0n) is 8.77. The second-order valence-electron chi connectivity index (χ2n) is 3.81. The Morgan fingerprint density at radius 1 is 1.29 bits per heavy atom. The van der Waals surface area contributed by atoms with E-state index in [1.807, 2.05) is 18.2 Å². The van der Waals surface area contributed by atoms with Crippen LogP contribution in [-0.4, -0.2) is 15.9 Å². The van der Waals surface area contributed by atoms with E-state index in [0.29, 0.717) is 6.42 Å². The minimum atomic E-state index is 0.0258. The van der Waals surface area contributed by atoms with E-state index in [-0.39, 0.29) is 11.2 Å². The molecule has 0 bridgehead atoms. The fourth-order valence-corrected chi connectivity index (χ4v) is 2.03. The SMILES string of the molecule is O=C1Cc2cc(-c3ccnc(Cl)n3)ccc2N1. The van der Waals surface area contributed by atoms with Crippen LogP contribution in [0.5, 0.6) is 0 Å². The highest BCUT2D eigenvalue weighted by Crippen LogP contribution is 2.28. The summed E-state index contributed by atoms with van der Waals surface area (Å²) in [6, 6.07) is 7.53. The zero-order valence-corrected chi connectivity index (χ0v) is 9.53. The molecule has 0 unspecified atom stereocenters. The van der Waals surface area contributed by atoms with Crippen molar-refractivity contribution in [2.45, 2.75) is 6.42 Å². The monoisotopic (exact) mass is 245 g/mol. The van der Waals surface area contributed by atoms with Crippen LogP contribution in [0.1, 0.15) is 5.56 Å². The standard InChI is InChI=1S/C12H8ClN3O/c13-12-14-4-3-10(16-12)7-1-2-9-8(5-7)6-11(17)15-9/h1-5H,6H2,(H,15,17). The average molecular weight is 246 g/mol. The summed E-state index contributed by atoms with van der Waals surface area (Å²) in [6.07, 6.45) is 2.03. The Labute approximate surface area is 103 Å². The molecule has 2 aromatic rings. The molecule has 1 amide bonds. The van der Waals surface area contributed by atoms with Crippen molar-refractivity contribution >= 4 is 23.2 Å². The Morgan fingerprint density at radius 2 is 2.18 bits per heavy atom. The molecule has 2 heterocycles. The van der Waals surface area contributed by atoms with E-state index in [2.05, 4.69) is 15.3 Å². The molecule has 1 N–H and O–H groups in total. The predicted octanol–water partition coefficient (Wildman–Crippen LogP) is 2.29. The van der Waals surface area contributed by atoms with Crippen molar-refractivity contribution in [3.05, 3.63) is 41.3 Å². The number of nitrogens with one attached hydrogen (secondary N) is 1. The minimum Gasteiger partial charge on any atom is -0.326 e. The number of aromatic nitrogens is 2. The maximum atomic E-state index is 11.2. The Hall–Kier alpha value is -1.94. The summed E-state index contributed by atoms with van der Waals surface area (Å²) >= 11 is 5.75. The van der Waals surface area contributed by atoms with Crippen LogP contribution < -0.4 is 5.32 Å². The van der Waals surface area contributed by atoms with Crippen molar-refractivity contribution in [2.24, 2.45) is 0 Å². The van der Waals surface area contributed by atoms with Gasteiger partial charge in [0, 0.05) is 17.4 Å². The molecule has 1 aliphatic rings. The quantitative estimate of drug-likeness (QED) is 0.785. The van der Waals surface area contributed by atoms with Gasteiger partial charge in [-0.1, -0.05) is 6.07 Å². The van der Waals surface area contributed by atoms with E-state index in [4.69, 9.17) is 11.6 Å². The number of carbonyl (C=O) groups is 1. The fraction of sp³-hybridized carbons (Fsp3) is 0.0833. The van der Waals surface area contributed by atoms with Crippen LogP contribution in [0.3, 0.4) is 0 Å². The van der Waals surface area contributed by atoms with E-state index in [1.54, 1.807) is 12.3 Å². The normalized spacial score (nSPS) is 13.4. The molecule has 0 saturated carbocycles. The lowest BCUT2D eigenvalue weighted by Gasteiger charge is -2.03. The molecule has 5 heteroatoms. The first-order valence-electron chi connectivity index (χ1n) is 5.14. The molecular weight excluding hydrogens is 238 g/mol. The van der Waals surface area contributed by atoms with Crippen LogP contribution in [0.2, 0.25) is 5.28 Å². The highest BCUT2D eigenvalue weighted by Gasteiger charge is 2.17. The average Bonchev–Trinajstić information content (AvgIpc) is 2.68. The first kappa shape index (κ1) is 10.2. The highest BCUT2D eigenvalue weighted by atomic mass is 35.5. The van der Waals surface area contributed by atoms with Gasteiger partial charge in [-0.15, -0.1) is 0 Å². The van der Waals surface area contributed by atoms with E-state index >= 15 is 0 Å². The summed E-state index contributed by atoms with van der Waals surface area (Å²) in [4.78, 5) is 19.2. The first-order chi connectivity index (χ1) is 8.22. The van der Waals surface area contributed by atoms with Gasteiger partial charge in [-0.05, 0) is 35.4 Å². The molecule has 17 heavy (non-hydrogen) atoms. The third kappa shape index (κ3) is 1.87. The van der Waals surface area contributed by atoms with Gasteiger partial charge in [-0.2, -0.15) is 0 Å². The lowest BCUT2D eigenvalue weighted by Crippen LogP contribution is -2.03. The van der Waals surface area contributed by atoms with Gasteiger partial charge in [0.05, 0.1) is 12.1 Å². The third-order valence-corrected chi connectivity index (χ3v) is 2.83. The molecule has 1 aliphatic heterocycles. The molecule has 0 atom stereocenters. The predicted molar refractivity (Wildman–Crippen MR) is 64.8 cm³/mol. The number of nitrogens with zero attached hydrogens (tertiary/aromatic N) is 2. The van der Waals surface area contributed by atoms with E-state index in [1.165, 1.54) is 0 Å². The van der Waals surface area contributed by atoms with Crippen molar-refractivity contribution in [3.63, 3.8) is 0 Å². The van der Waals surface area contributed by atoms with Gasteiger partial charge in [0.2, 0.25) is 11.2 Å². The van der Waals surface area contributed by atoms with Gasteiger partial charge >= 0.3 is 0 Å². The number of amides is 1. The van der Waals surface area contributed by atoms with Crippen molar-refractivity contribution in [3.8, 4) is 11.3 Å². The molecule has 0 aliphatic carbocycles. The zero-order chi connectivity index (χ0) is 11.8. The maximum absolute atomic E-state index is 11.2. The van der Waals surface area contributed by atoms with E-state index in [0.717, 1.165) is 22.5 Å². The lowest BCUT2D eigenvalue weighted by molar-refractivity contribution is -0.115. The molecule has 0 saturated heterocycles. The van der Waals surface area contributed by atoms with Crippen LogP contribution in [-0.2, 0) is 11.2 Å². The number of halogens is 1. The van der Waals surface area contributed by atoms with Crippen molar-refractivity contribution in [1.82, 2.24) is 9.97 Å². The largest absolute Gasteiger partial charge is 0.326 e. The maximum Gasteiger partial charge on any atom is 0.228 e. The van der Waals surface area contributed by atoms with Gasteiger partial charge < -0.3 is 5.32 Å². The second-order valence-corrected chi connectivity index (χ2v) is 4.15. The van der Waals surface area contributed by atoms with Crippen molar-refractivity contribution < 1.29 is 4.79 Å². The molecule has 0 fully saturated rings. The van der Waals surface area contributed by atoms with Gasteiger partial charge in [0.1, 0.15) is 0 Å². The lowest BCUT2D eigenvalue weighted by atomic mass is 10.1. The number of benzene rings is 1. The number of fused-ring (bicyclic) bond motifs is 1. The molecule has 4 nitrogen and oxygen atoms in total. The van der Waals surface area contributed by atoms with E-state index < -0.39 is 0 Å². The first-order valence-corrected chi connectivity index (χ1v) is 5.52.